The smallest absolute Gasteiger partial charge is 0.319 e. The molecule has 0 aromatic heterocycles. The number of carbonyl (C=O) groups excluding carboxylic acids is 1. The first-order chi connectivity index (χ1) is 12.8. The van der Waals surface area contributed by atoms with Crippen molar-refractivity contribution in [1.29, 1.82) is 0 Å². The molecule has 0 saturated carbocycles. The molecule has 164 valence electrons. The quantitative estimate of drug-likeness (QED) is 0.228. The van der Waals surface area contributed by atoms with Gasteiger partial charge in [-0.3, -0.25) is 4.79 Å². The zero-order valence-electron chi connectivity index (χ0n) is 17.3. The number of carbonyl (C=O) groups is 1. The highest BCUT2D eigenvalue weighted by molar-refractivity contribution is 5.85. The number of halogens is 1. The molecule has 0 rings (SSSR count). The lowest BCUT2D eigenvalue weighted by atomic mass is 10.1. The lowest BCUT2D eigenvalue weighted by Gasteiger charge is -2.07. The maximum atomic E-state index is 10.8. The molecule has 0 amide bonds. The van der Waals surface area contributed by atoms with Crippen molar-refractivity contribution in [2.75, 3.05) is 52.8 Å². The summed E-state index contributed by atoms with van der Waals surface area (Å²) in [4.78, 5) is 10.8. The van der Waals surface area contributed by atoms with Gasteiger partial charge in [0.05, 0.1) is 39.6 Å². The third-order valence-electron chi connectivity index (χ3n) is 4.04. The standard InChI is InChI=1S/C20H41NO5.ClH/c1-2-3-4-5-6-7-8-9-10-11-12-23-13-14-24-15-16-25-17-18-26-20(22)19-21;/h2-19,21H2,1H3;1H. The van der Waals surface area contributed by atoms with E-state index in [-0.39, 0.29) is 25.6 Å². The third-order valence-corrected chi connectivity index (χ3v) is 4.04. The average molecular weight is 412 g/mol. The van der Waals surface area contributed by atoms with Gasteiger partial charge in [-0.2, -0.15) is 0 Å². The summed E-state index contributed by atoms with van der Waals surface area (Å²) in [6, 6.07) is 0. The van der Waals surface area contributed by atoms with E-state index in [1.807, 2.05) is 0 Å². The predicted molar refractivity (Wildman–Crippen MR) is 112 cm³/mol. The number of esters is 1. The van der Waals surface area contributed by atoms with Crippen LogP contribution >= 0.6 is 12.4 Å². The van der Waals surface area contributed by atoms with Gasteiger partial charge >= 0.3 is 5.97 Å². The van der Waals surface area contributed by atoms with Gasteiger partial charge < -0.3 is 24.7 Å². The second-order valence-corrected chi connectivity index (χ2v) is 6.44. The van der Waals surface area contributed by atoms with Gasteiger partial charge in [-0.15, -0.1) is 12.4 Å². The number of hydrogen-bond acceptors (Lipinski definition) is 6. The highest BCUT2D eigenvalue weighted by atomic mass is 35.5. The molecule has 0 spiro atoms. The third kappa shape index (κ3) is 25.6. The van der Waals surface area contributed by atoms with E-state index < -0.39 is 5.97 Å². The summed E-state index contributed by atoms with van der Waals surface area (Å²) in [5, 5.41) is 0. The molecule has 7 heteroatoms. The second kappa shape index (κ2) is 25.6. The molecule has 0 bridgehead atoms. The fourth-order valence-electron chi connectivity index (χ4n) is 2.51. The van der Waals surface area contributed by atoms with Crippen LogP contribution in [0.15, 0.2) is 0 Å². The van der Waals surface area contributed by atoms with Crippen LogP contribution in [0.25, 0.3) is 0 Å². The van der Waals surface area contributed by atoms with Crippen LogP contribution in [-0.2, 0) is 23.7 Å². The van der Waals surface area contributed by atoms with Gasteiger partial charge in [0.1, 0.15) is 6.61 Å². The van der Waals surface area contributed by atoms with Crippen LogP contribution in [0, 0.1) is 0 Å². The van der Waals surface area contributed by atoms with E-state index in [0.717, 1.165) is 13.0 Å². The predicted octanol–water partition coefficient (Wildman–Crippen LogP) is 3.88. The van der Waals surface area contributed by atoms with Gasteiger partial charge in [0.15, 0.2) is 0 Å². The van der Waals surface area contributed by atoms with E-state index in [0.29, 0.717) is 33.0 Å². The van der Waals surface area contributed by atoms with E-state index in [4.69, 9.17) is 24.7 Å². The summed E-state index contributed by atoms with van der Waals surface area (Å²) >= 11 is 0. The highest BCUT2D eigenvalue weighted by Gasteiger charge is 1.98. The van der Waals surface area contributed by atoms with Crippen LogP contribution in [0.1, 0.15) is 71.1 Å². The molecule has 0 atom stereocenters. The lowest BCUT2D eigenvalue weighted by molar-refractivity contribution is -0.143. The topological polar surface area (TPSA) is 80.0 Å². The van der Waals surface area contributed by atoms with E-state index in [1.54, 1.807) is 0 Å². The van der Waals surface area contributed by atoms with Crippen molar-refractivity contribution in [2.45, 2.75) is 71.1 Å². The SMILES string of the molecule is CCCCCCCCCCCCOCCOCCOCCOC(=O)CN.Cl. The van der Waals surface area contributed by atoms with Gasteiger partial charge in [-0.25, -0.2) is 0 Å². The molecule has 2 N–H and O–H groups in total. The monoisotopic (exact) mass is 411 g/mol. The van der Waals surface area contributed by atoms with Crippen molar-refractivity contribution in [1.82, 2.24) is 0 Å². The van der Waals surface area contributed by atoms with E-state index in [9.17, 15) is 4.79 Å². The van der Waals surface area contributed by atoms with Gasteiger partial charge in [0, 0.05) is 6.61 Å². The van der Waals surface area contributed by atoms with Crippen molar-refractivity contribution < 1.29 is 23.7 Å². The number of unbranched alkanes of at least 4 members (excludes halogenated alkanes) is 9. The molecule has 0 radical (unpaired) electrons. The summed E-state index contributed by atoms with van der Waals surface area (Å²) in [5.41, 5.74) is 5.11. The molecular formula is C20H42ClNO5. The molecule has 0 aromatic carbocycles. The fraction of sp³-hybridized carbons (Fsp3) is 0.950. The fourth-order valence-corrected chi connectivity index (χ4v) is 2.51. The highest BCUT2D eigenvalue weighted by Crippen LogP contribution is 2.10. The Labute approximate surface area is 172 Å². The summed E-state index contributed by atoms with van der Waals surface area (Å²) in [5.74, 6) is -0.413. The van der Waals surface area contributed by atoms with Crippen molar-refractivity contribution in [3.05, 3.63) is 0 Å². The average Bonchev–Trinajstić information content (AvgIpc) is 2.66. The van der Waals surface area contributed by atoms with Gasteiger partial charge in [0.2, 0.25) is 0 Å². The Kier molecular flexibility index (Phi) is 27.3. The lowest BCUT2D eigenvalue weighted by Crippen LogP contribution is -2.19. The Bertz CT molecular complexity index is 296. The number of rotatable bonds is 21. The number of hydrogen-bond donors (Lipinski definition) is 1. The van der Waals surface area contributed by atoms with Crippen LogP contribution in [-0.4, -0.2) is 58.8 Å². The zero-order valence-corrected chi connectivity index (χ0v) is 18.1. The van der Waals surface area contributed by atoms with Crippen LogP contribution in [0.2, 0.25) is 0 Å². The molecule has 0 fully saturated rings. The molecular weight excluding hydrogens is 370 g/mol. The Hall–Kier alpha value is -0.400. The van der Waals surface area contributed by atoms with Crippen LogP contribution in [0.4, 0.5) is 0 Å². The maximum Gasteiger partial charge on any atom is 0.319 e. The Morgan fingerprint density at radius 2 is 1.04 bits per heavy atom. The van der Waals surface area contributed by atoms with E-state index in [1.165, 1.54) is 57.8 Å². The van der Waals surface area contributed by atoms with E-state index in [2.05, 4.69) is 6.92 Å². The molecule has 0 saturated heterocycles. The normalized spacial score (nSPS) is 10.6. The summed E-state index contributed by atoms with van der Waals surface area (Å²) in [7, 11) is 0. The van der Waals surface area contributed by atoms with Crippen molar-refractivity contribution >= 4 is 18.4 Å². The first kappa shape index (κ1) is 28.8. The first-order valence-corrected chi connectivity index (χ1v) is 10.4. The summed E-state index contributed by atoms with van der Waals surface area (Å²) in [6.07, 6.45) is 13.4. The van der Waals surface area contributed by atoms with Crippen LogP contribution in [0.5, 0.6) is 0 Å². The molecule has 27 heavy (non-hydrogen) atoms. The maximum absolute atomic E-state index is 10.8. The Balaban J connectivity index is 0. The molecule has 0 unspecified atom stereocenters. The molecule has 0 aliphatic rings. The molecule has 0 aliphatic carbocycles. The van der Waals surface area contributed by atoms with Crippen LogP contribution < -0.4 is 5.73 Å². The van der Waals surface area contributed by atoms with Crippen molar-refractivity contribution in [2.24, 2.45) is 5.73 Å². The second-order valence-electron chi connectivity index (χ2n) is 6.44. The molecule has 6 nitrogen and oxygen atoms in total. The largest absolute Gasteiger partial charge is 0.462 e. The summed E-state index contributed by atoms with van der Waals surface area (Å²) < 4.78 is 21.0. The van der Waals surface area contributed by atoms with Crippen molar-refractivity contribution in [3.63, 3.8) is 0 Å². The van der Waals surface area contributed by atoms with E-state index >= 15 is 0 Å². The first-order valence-electron chi connectivity index (χ1n) is 10.4. The van der Waals surface area contributed by atoms with Gasteiger partial charge in [-0.1, -0.05) is 64.7 Å². The minimum absolute atomic E-state index is 0. The minimum Gasteiger partial charge on any atom is -0.462 e. The number of nitrogens with two attached hydrogens (primary N) is 1. The van der Waals surface area contributed by atoms with Gasteiger partial charge in [0.25, 0.3) is 0 Å². The molecule has 0 aliphatic heterocycles. The van der Waals surface area contributed by atoms with Crippen molar-refractivity contribution in [3.8, 4) is 0 Å². The summed E-state index contributed by atoms with van der Waals surface area (Å²) in [6.45, 7) is 5.81. The minimum atomic E-state index is -0.413. The van der Waals surface area contributed by atoms with Gasteiger partial charge in [-0.05, 0) is 6.42 Å². The number of ether oxygens (including phenoxy) is 4. The molecule has 0 heterocycles. The molecule has 0 aromatic rings. The van der Waals surface area contributed by atoms with Crippen LogP contribution in [0.3, 0.4) is 0 Å². The zero-order chi connectivity index (χ0) is 19.1. The Morgan fingerprint density at radius 3 is 1.52 bits per heavy atom. The Morgan fingerprint density at radius 1 is 0.630 bits per heavy atom.